The molecule has 2 aromatic rings. The van der Waals surface area contributed by atoms with Gasteiger partial charge < -0.3 is 14.2 Å². The van der Waals surface area contributed by atoms with Gasteiger partial charge in [-0.25, -0.2) is 9.07 Å². The number of carbonyl (C=O) groups excluding carboxylic acids is 4. The molecule has 0 unspecified atom stereocenters. The van der Waals surface area contributed by atoms with Gasteiger partial charge in [-0.2, -0.15) is 0 Å². The molecule has 1 aromatic carbocycles. The molecule has 11 heteroatoms. The second-order valence-corrected chi connectivity index (χ2v) is 15.3. The van der Waals surface area contributed by atoms with E-state index in [2.05, 4.69) is 31.1 Å². The molecule has 1 heterocycles. The number of rotatable bonds is 8. The summed E-state index contributed by atoms with van der Waals surface area (Å²) in [7, 11) is 1.39. The zero-order chi connectivity index (χ0) is 34.5. The summed E-state index contributed by atoms with van der Waals surface area (Å²) in [6.07, 6.45) is 6.34. The lowest BCUT2D eigenvalue weighted by molar-refractivity contribution is -0.207. The van der Waals surface area contributed by atoms with Crippen LogP contribution in [0.5, 0.6) is 0 Å². The summed E-state index contributed by atoms with van der Waals surface area (Å²) in [5, 5.41) is 9.06. The van der Waals surface area contributed by atoms with Gasteiger partial charge in [-0.15, -0.1) is 5.10 Å². The molecule has 0 aliphatic heterocycles. The van der Waals surface area contributed by atoms with Gasteiger partial charge in [0.15, 0.2) is 5.78 Å². The number of esters is 3. The number of Topliss-reactive ketones (excluding diaryl/α,β-unsaturated/α-hetero) is 1. The predicted molar refractivity (Wildman–Crippen MR) is 172 cm³/mol. The molecule has 260 valence electrons. The van der Waals surface area contributed by atoms with Crippen LogP contribution in [0.4, 0.5) is 4.39 Å². The molecule has 0 radical (unpaired) electrons. The Hall–Kier alpha value is -3.63. The monoisotopic (exact) mass is 665 g/mol. The highest BCUT2D eigenvalue weighted by atomic mass is 19.1. The Kier molecular flexibility index (Phi) is 9.28. The average Bonchev–Trinajstić information content (AvgIpc) is 3.66. The Balaban J connectivity index is 1.47. The van der Waals surface area contributed by atoms with Gasteiger partial charge >= 0.3 is 17.9 Å². The van der Waals surface area contributed by atoms with Crippen LogP contribution in [0.15, 0.2) is 30.5 Å². The zero-order valence-electron chi connectivity index (χ0n) is 28.8. The Morgan fingerprint density at radius 3 is 2.42 bits per heavy atom. The van der Waals surface area contributed by atoms with Crippen LogP contribution in [0.3, 0.4) is 0 Å². The minimum atomic E-state index is -0.764. The SMILES string of the molecule is COC(=O)CC[C@@H](C)[C@H]1CC[C@H]2[C@H]3[C@H]([C@H](n4cc(-c5ccc(F)cc5)nn4)C(=O)[C@]12C)[C@@]1(C)CC[C@@H](OC(C)=O)C[C@H]1C[C@H]3OC(C)=O. The zero-order valence-corrected chi connectivity index (χ0v) is 28.8. The fourth-order valence-electron chi connectivity index (χ4n) is 10.7. The van der Waals surface area contributed by atoms with Crippen molar-refractivity contribution in [3.8, 4) is 11.3 Å². The second kappa shape index (κ2) is 13.0. The third-order valence-electron chi connectivity index (χ3n) is 12.8. The molecule has 6 rings (SSSR count). The van der Waals surface area contributed by atoms with Gasteiger partial charge in [-0.3, -0.25) is 19.2 Å². The normalized spacial score (nSPS) is 36.3. The highest BCUT2D eigenvalue weighted by Crippen LogP contribution is 2.70. The van der Waals surface area contributed by atoms with Crippen LogP contribution in [0, 0.1) is 52.2 Å². The van der Waals surface area contributed by atoms with Crippen LogP contribution in [0.25, 0.3) is 11.3 Å². The van der Waals surface area contributed by atoms with Gasteiger partial charge in [0.25, 0.3) is 0 Å². The van der Waals surface area contributed by atoms with Crippen molar-refractivity contribution in [1.29, 1.82) is 0 Å². The Labute approximate surface area is 281 Å². The summed E-state index contributed by atoms with van der Waals surface area (Å²) in [4.78, 5) is 52.2. The highest BCUT2D eigenvalue weighted by Gasteiger charge is 2.70. The number of hydrogen-bond donors (Lipinski definition) is 0. The molecule has 4 fully saturated rings. The number of fused-ring (bicyclic) bond motifs is 5. The van der Waals surface area contributed by atoms with E-state index in [1.165, 1.54) is 33.1 Å². The quantitative estimate of drug-likeness (QED) is 0.242. The first-order chi connectivity index (χ1) is 22.8. The summed E-state index contributed by atoms with van der Waals surface area (Å²) in [5.41, 5.74) is 0.124. The number of nitrogens with zero attached hydrogens (tertiary/aromatic N) is 3. The summed E-state index contributed by atoms with van der Waals surface area (Å²) in [6, 6.07) is 5.35. The molecular formula is C37H48FN3O7. The molecular weight excluding hydrogens is 617 g/mol. The summed E-state index contributed by atoms with van der Waals surface area (Å²) in [5.74, 6) is -1.46. The number of benzene rings is 1. The van der Waals surface area contributed by atoms with Crippen molar-refractivity contribution in [2.45, 2.75) is 104 Å². The third-order valence-corrected chi connectivity index (χ3v) is 12.8. The number of methoxy groups -OCH3 is 1. The number of hydrogen-bond acceptors (Lipinski definition) is 9. The molecule has 0 N–H and O–H groups in total. The lowest BCUT2D eigenvalue weighted by atomic mass is 9.42. The van der Waals surface area contributed by atoms with E-state index < -0.39 is 17.6 Å². The minimum Gasteiger partial charge on any atom is -0.469 e. The maximum absolute atomic E-state index is 15.4. The number of ether oxygens (including phenoxy) is 3. The van der Waals surface area contributed by atoms with Crippen molar-refractivity contribution >= 4 is 23.7 Å². The number of halogens is 1. The molecule has 0 spiro atoms. The van der Waals surface area contributed by atoms with Crippen LogP contribution < -0.4 is 0 Å². The van der Waals surface area contributed by atoms with Crippen LogP contribution in [-0.2, 0) is 33.4 Å². The van der Waals surface area contributed by atoms with E-state index >= 15 is 4.79 Å². The number of aromatic nitrogens is 3. The summed E-state index contributed by atoms with van der Waals surface area (Å²) >= 11 is 0. The molecule has 4 aliphatic carbocycles. The Bertz CT molecular complexity index is 1560. The topological polar surface area (TPSA) is 127 Å². The fraction of sp³-hybridized carbons (Fsp3) is 0.676. The van der Waals surface area contributed by atoms with E-state index in [1.54, 1.807) is 23.0 Å². The van der Waals surface area contributed by atoms with Gasteiger partial charge in [0.1, 0.15) is 29.8 Å². The van der Waals surface area contributed by atoms with E-state index in [0.29, 0.717) is 36.9 Å². The first-order valence-corrected chi connectivity index (χ1v) is 17.4. The number of ketones is 1. The molecule has 10 nitrogen and oxygen atoms in total. The van der Waals surface area contributed by atoms with Gasteiger partial charge in [0.05, 0.1) is 13.3 Å². The molecule has 4 saturated carbocycles. The predicted octanol–water partition coefficient (Wildman–Crippen LogP) is 6.14. The maximum atomic E-state index is 15.4. The van der Waals surface area contributed by atoms with Crippen LogP contribution in [0.2, 0.25) is 0 Å². The van der Waals surface area contributed by atoms with Crippen molar-refractivity contribution in [2.24, 2.45) is 46.3 Å². The van der Waals surface area contributed by atoms with E-state index in [0.717, 1.165) is 19.3 Å². The Morgan fingerprint density at radius 1 is 1.04 bits per heavy atom. The lowest BCUT2D eigenvalue weighted by Gasteiger charge is -2.64. The van der Waals surface area contributed by atoms with Crippen LogP contribution in [-0.4, -0.2) is 58.0 Å². The average molecular weight is 666 g/mol. The van der Waals surface area contributed by atoms with Crippen molar-refractivity contribution in [3.63, 3.8) is 0 Å². The largest absolute Gasteiger partial charge is 0.469 e. The standard InChI is InChI=1S/C37H48FN3O7/c1-20(7-14-31(44)46-6)27-12-13-28-32-30(48-22(3)43)18-24-17-26(47-21(2)42)15-16-36(24,4)33(32)34(35(45)37(27,28)5)41-19-29(39-40-41)23-8-10-25(38)11-9-23/h8-11,19-20,24,26-28,30,32-34H,7,12-18H2,1-6H3/t20-,24+,26-,27-,28+,30-,32-,33-,34+,36+,37-/m1/s1. The fourth-order valence-corrected chi connectivity index (χ4v) is 10.7. The molecule has 0 amide bonds. The van der Waals surface area contributed by atoms with Gasteiger partial charge in [0.2, 0.25) is 0 Å². The maximum Gasteiger partial charge on any atom is 0.305 e. The smallest absolute Gasteiger partial charge is 0.305 e. The van der Waals surface area contributed by atoms with Gasteiger partial charge in [-0.1, -0.05) is 26.0 Å². The van der Waals surface area contributed by atoms with Gasteiger partial charge in [0, 0.05) is 43.1 Å². The molecule has 0 saturated heterocycles. The van der Waals surface area contributed by atoms with Crippen LogP contribution in [0.1, 0.15) is 92.0 Å². The molecule has 1 aromatic heterocycles. The Morgan fingerprint density at radius 2 is 1.75 bits per heavy atom. The van der Waals surface area contributed by atoms with Crippen molar-refractivity contribution in [3.05, 3.63) is 36.3 Å². The lowest BCUT2D eigenvalue weighted by Crippen LogP contribution is -2.65. The van der Waals surface area contributed by atoms with Crippen molar-refractivity contribution in [2.75, 3.05) is 7.11 Å². The highest BCUT2D eigenvalue weighted by molar-refractivity contribution is 5.91. The first-order valence-electron chi connectivity index (χ1n) is 17.4. The van der Waals surface area contributed by atoms with E-state index in [4.69, 9.17) is 14.2 Å². The molecule has 48 heavy (non-hydrogen) atoms. The van der Waals surface area contributed by atoms with E-state index in [1.807, 2.05) is 0 Å². The minimum absolute atomic E-state index is 0.00593. The molecule has 4 aliphatic rings. The van der Waals surface area contributed by atoms with E-state index in [-0.39, 0.29) is 83.0 Å². The van der Waals surface area contributed by atoms with E-state index in [9.17, 15) is 18.8 Å². The van der Waals surface area contributed by atoms with Gasteiger partial charge in [-0.05, 0) is 98.3 Å². The summed E-state index contributed by atoms with van der Waals surface area (Å²) < 4.78 is 32.3. The third kappa shape index (κ3) is 5.85. The van der Waals surface area contributed by atoms with Crippen LogP contribution >= 0.6 is 0 Å². The molecule has 11 atom stereocenters. The second-order valence-electron chi connectivity index (χ2n) is 15.3. The number of carbonyl (C=O) groups is 4. The van der Waals surface area contributed by atoms with Crippen molar-refractivity contribution < 1.29 is 37.8 Å². The molecule has 0 bridgehead atoms. The first kappa shape index (κ1) is 34.2. The summed E-state index contributed by atoms with van der Waals surface area (Å²) in [6.45, 7) is 9.33. The van der Waals surface area contributed by atoms with Crippen molar-refractivity contribution in [1.82, 2.24) is 15.0 Å².